The van der Waals surface area contributed by atoms with Crippen LogP contribution in [0.15, 0.2) is 67.0 Å². The molecule has 9 nitrogen and oxygen atoms in total. The van der Waals surface area contributed by atoms with E-state index in [4.69, 9.17) is 16.3 Å². The van der Waals surface area contributed by atoms with Gasteiger partial charge in [0.15, 0.2) is 6.10 Å². The van der Waals surface area contributed by atoms with Crippen molar-refractivity contribution in [2.45, 2.75) is 39.5 Å². The molecule has 4 aromatic rings. The summed E-state index contributed by atoms with van der Waals surface area (Å²) in [6.45, 7) is 8.34. The minimum atomic E-state index is -0.146. The molecule has 1 aliphatic heterocycles. The molecule has 2 aromatic heterocycles. The molecule has 0 saturated carbocycles. The zero-order valence-corrected chi connectivity index (χ0v) is 22.4. The topological polar surface area (TPSA) is 103 Å². The number of amides is 1. The Morgan fingerprint density at radius 1 is 1.08 bits per heavy atom. The van der Waals surface area contributed by atoms with E-state index in [-0.39, 0.29) is 24.0 Å². The van der Waals surface area contributed by atoms with Gasteiger partial charge in [0.1, 0.15) is 18.8 Å². The van der Waals surface area contributed by atoms with E-state index in [1.54, 1.807) is 24.5 Å². The van der Waals surface area contributed by atoms with Crippen molar-refractivity contribution in [1.82, 2.24) is 30.1 Å². The first-order valence-corrected chi connectivity index (χ1v) is 13.2. The number of quaternary nitrogens is 1. The third-order valence-electron chi connectivity index (χ3n) is 6.76. The van der Waals surface area contributed by atoms with E-state index < -0.39 is 0 Å². The fraction of sp³-hybridized carbons (Fsp3) is 0.321. The van der Waals surface area contributed by atoms with Crippen LogP contribution in [0, 0.1) is 5.92 Å². The number of nitrogens with zero attached hydrogens (tertiary/aromatic N) is 6. The van der Waals surface area contributed by atoms with Crippen molar-refractivity contribution in [3.05, 3.63) is 83.1 Å². The zero-order chi connectivity index (χ0) is 26.6. The Labute approximate surface area is 226 Å². The van der Waals surface area contributed by atoms with Gasteiger partial charge in [-0.3, -0.25) is 9.78 Å². The number of para-hydroxylation sites is 1. The first-order valence-electron chi connectivity index (χ1n) is 12.8. The lowest BCUT2D eigenvalue weighted by Gasteiger charge is -2.36. The van der Waals surface area contributed by atoms with Gasteiger partial charge in [-0.2, -0.15) is 0 Å². The average molecular weight is 533 g/mol. The van der Waals surface area contributed by atoms with Gasteiger partial charge in [0.2, 0.25) is 5.82 Å². The van der Waals surface area contributed by atoms with Gasteiger partial charge in [-0.25, -0.2) is 0 Å². The largest absolute Gasteiger partial charge is 0.483 e. The minimum Gasteiger partial charge on any atom is -0.483 e. The Morgan fingerprint density at radius 2 is 1.82 bits per heavy atom. The van der Waals surface area contributed by atoms with Crippen molar-refractivity contribution >= 4 is 17.5 Å². The van der Waals surface area contributed by atoms with E-state index in [1.807, 2.05) is 61.2 Å². The molecule has 1 aliphatic rings. The number of hydrogen-bond acceptors (Lipinski definition) is 6. The van der Waals surface area contributed by atoms with E-state index in [0.717, 1.165) is 23.8 Å². The standard InChI is InChI=1S/C28H30ClN7O2/c1-18(2)35-17-19(3)25(16-31-15-20-7-9-21(29)10-8-20)38-26-23(5-4-6-24(26)28(35)37)27-32-34-36(33-27)22-11-13-30-14-12-22/h4-14,18-19,25,31H,15-17H2,1-3H3/p+1/t19-,25?/m0/s1. The highest BCUT2D eigenvalue weighted by molar-refractivity contribution is 6.30. The summed E-state index contributed by atoms with van der Waals surface area (Å²) in [6.07, 6.45) is 3.20. The Bertz CT molecular complexity index is 1390. The van der Waals surface area contributed by atoms with Crippen molar-refractivity contribution in [3.63, 3.8) is 0 Å². The van der Waals surface area contributed by atoms with Gasteiger partial charge in [-0.15, -0.1) is 15.0 Å². The van der Waals surface area contributed by atoms with Gasteiger partial charge >= 0.3 is 0 Å². The van der Waals surface area contributed by atoms with Gasteiger partial charge in [0, 0.05) is 41.5 Å². The molecular formula is C28H31ClN7O2+. The molecule has 1 unspecified atom stereocenters. The molecule has 2 aromatic carbocycles. The van der Waals surface area contributed by atoms with Crippen LogP contribution in [0.2, 0.25) is 5.02 Å². The Balaban J connectivity index is 1.47. The lowest BCUT2D eigenvalue weighted by Crippen LogP contribution is -2.85. The van der Waals surface area contributed by atoms with Crippen LogP contribution in [0.4, 0.5) is 0 Å². The lowest BCUT2D eigenvalue weighted by molar-refractivity contribution is -0.676. The molecule has 0 fully saturated rings. The number of aromatic nitrogens is 5. The van der Waals surface area contributed by atoms with Gasteiger partial charge in [0.25, 0.3) is 5.91 Å². The number of nitrogens with two attached hydrogens (primary N) is 1. The summed E-state index contributed by atoms with van der Waals surface area (Å²) in [5, 5.41) is 16.1. The molecule has 10 heteroatoms. The number of rotatable bonds is 7. The van der Waals surface area contributed by atoms with Crippen LogP contribution >= 0.6 is 11.6 Å². The SMILES string of the molecule is CC(C)N1C[C@H](C)C(C[NH2+]Cc2ccc(Cl)cc2)Oc2c(cccc2-c2nnn(-c3ccncc3)n2)C1=O. The minimum absolute atomic E-state index is 0.0453. The zero-order valence-electron chi connectivity index (χ0n) is 21.7. The van der Waals surface area contributed by atoms with Gasteiger partial charge < -0.3 is 15.0 Å². The summed E-state index contributed by atoms with van der Waals surface area (Å²) in [5.41, 5.74) is 3.07. The van der Waals surface area contributed by atoms with E-state index in [1.165, 1.54) is 10.4 Å². The maximum Gasteiger partial charge on any atom is 0.257 e. The van der Waals surface area contributed by atoms with Crippen LogP contribution in [-0.2, 0) is 6.54 Å². The van der Waals surface area contributed by atoms with Crippen molar-refractivity contribution < 1.29 is 14.8 Å². The monoisotopic (exact) mass is 532 g/mol. The predicted octanol–water partition coefficient (Wildman–Crippen LogP) is 3.39. The summed E-state index contributed by atoms with van der Waals surface area (Å²) in [6, 6.07) is 17.1. The molecule has 0 aliphatic carbocycles. The Kier molecular flexibility index (Phi) is 7.67. The number of carbonyl (C=O) groups is 1. The molecule has 1 amide bonds. The second-order valence-corrected chi connectivity index (χ2v) is 10.3. The predicted molar refractivity (Wildman–Crippen MR) is 144 cm³/mol. The van der Waals surface area contributed by atoms with Crippen LogP contribution < -0.4 is 10.1 Å². The highest BCUT2D eigenvalue weighted by Crippen LogP contribution is 2.35. The summed E-state index contributed by atoms with van der Waals surface area (Å²) in [5.74, 6) is 0.923. The molecule has 196 valence electrons. The quantitative estimate of drug-likeness (QED) is 0.391. The van der Waals surface area contributed by atoms with Crippen LogP contribution in [0.5, 0.6) is 5.75 Å². The molecule has 2 atom stereocenters. The Morgan fingerprint density at radius 3 is 2.55 bits per heavy atom. The fourth-order valence-corrected chi connectivity index (χ4v) is 4.74. The van der Waals surface area contributed by atoms with Crippen LogP contribution in [-0.4, -0.2) is 61.2 Å². The summed E-state index contributed by atoms with van der Waals surface area (Å²) in [7, 11) is 0. The summed E-state index contributed by atoms with van der Waals surface area (Å²) >= 11 is 6.04. The first kappa shape index (κ1) is 25.8. The van der Waals surface area contributed by atoms with Gasteiger partial charge in [-0.1, -0.05) is 36.7 Å². The number of carbonyl (C=O) groups excluding carboxylic acids is 1. The molecule has 0 spiro atoms. The van der Waals surface area contributed by atoms with Crippen molar-refractivity contribution in [3.8, 4) is 22.8 Å². The maximum absolute atomic E-state index is 13.7. The molecule has 0 saturated heterocycles. The molecule has 2 N–H and O–H groups in total. The van der Waals surface area contributed by atoms with Crippen LogP contribution in [0.1, 0.15) is 36.7 Å². The highest BCUT2D eigenvalue weighted by Gasteiger charge is 2.34. The number of fused-ring (bicyclic) bond motifs is 1. The maximum atomic E-state index is 13.7. The number of ether oxygens (including phenoxy) is 1. The van der Waals surface area contributed by atoms with Crippen molar-refractivity contribution in [1.29, 1.82) is 0 Å². The molecule has 0 radical (unpaired) electrons. The van der Waals surface area contributed by atoms with Crippen molar-refractivity contribution in [2.75, 3.05) is 13.1 Å². The van der Waals surface area contributed by atoms with Gasteiger partial charge in [0.05, 0.1) is 16.8 Å². The number of halogens is 1. The fourth-order valence-electron chi connectivity index (χ4n) is 4.61. The third-order valence-corrected chi connectivity index (χ3v) is 7.01. The second-order valence-electron chi connectivity index (χ2n) is 9.83. The van der Waals surface area contributed by atoms with E-state index in [9.17, 15) is 4.79 Å². The first-order chi connectivity index (χ1) is 18.4. The second kappa shape index (κ2) is 11.3. The smallest absolute Gasteiger partial charge is 0.257 e. The van der Waals surface area contributed by atoms with Crippen LogP contribution in [0.25, 0.3) is 17.1 Å². The third kappa shape index (κ3) is 5.54. The lowest BCUT2D eigenvalue weighted by atomic mass is 9.98. The summed E-state index contributed by atoms with van der Waals surface area (Å²) < 4.78 is 6.68. The van der Waals surface area contributed by atoms with Gasteiger partial charge in [-0.05, 0) is 55.5 Å². The van der Waals surface area contributed by atoms with Crippen LogP contribution in [0.3, 0.4) is 0 Å². The Hall–Kier alpha value is -3.82. The molecule has 3 heterocycles. The number of benzene rings is 2. The summed E-state index contributed by atoms with van der Waals surface area (Å²) in [4.78, 5) is 21.1. The van der Waals surface area contributed by atoms with E-state index in [0.29, 0.717) is 29.2 Å². The highest BCUT2D eigenvalue weighted by atomic mass is 35.5. The normalized spacial score (nSPS) is 17.6. The van der Waals surface area contributed by atoms with E-state index >= 15 is 0 Å². The van der Waals surface area contributed by atoms with E-state index in [2.05, 4.69) is 32.6 Å². The molecule has 38 heavy (non-hydrogen) atoms. The van der Waals surface area contributed by atoms with Crippen molar-refractivity contribution in [2.24, 2.45) is 5.92 Å². The molecule has 5 rings (SSSR count). The molecular weight excluding hydrogens is 502 g/mol. The average Bonchev–Trinajstić information content (AvgIpc) is 3.42. The number of tetrazole rings is 1. The molecule has 0 bridgehead atoms. The number of pyridine rings is 1. The number of hydrogen-bond donors (Lipinski definition) is 1.